The van der Waals surface area contributed by atoms with E-state index in [0.717, 1.165) is 6.42 Å². The minimum absolute atomic E-state index is 0.158. The quantitative estimate of drug-likeness (QED) is 0.594. The molecule has 0 amide bonds. The normalized spacial score (nSPS) is 49.2. The Morgan fingerprint density at radius 2 is 2.12 bits per heavy atom. The zero-order valence-corrected chi connectivity index (χ0v) is 9.82. The molecule has 0 aromatic carbocycles. The summed E-state index contributed by atoms with van der Waals surface area (Å²) in [5.41, 5.74) is -0.590. The van der Waals surface area contributed by atoms with Crippen molar-refractivity contribution in [1.29, 1.82) is 0 Å². The van der Waals surface area contributed by atoms with Gasteiger partial charge in [0.2, 0.25) is 5.79 Å². The molecule has 5 heteroatoms. The van der Waals surface area contributed by atoms with Gasteiger partial charge in [0.25, 0.3) is 0 Å². The number of carbonyl (C=O) groups is 1. The first kappa shape index (κ1) is 9.91. The predicted molar refractivity (Wildman–Crippen MR) is 54.6 cm³/mol. The van der Waals surface area contributed by atoms with Gasteiger partial charge in [-0.2, -0.15) is 0 Å². The molecule has 2 spiro atoms. The molecule has 17 heavy (non-hydrogen) atoms. The van der Waals surface area contributed by atoms with Gasteiger partial charge >= 0.3 is 5.97 Å². The fraction of sp³-hybridized carbons (Fsp3) is 0.750. The van der Waals surface area contributed by atoms with E-state index in [1.165, 1.54) is 6.08 Å². The summed E-state index contributed by atoms with van der Waals surface area (Å²) in [4.78, 5) is 11.4. The molecule has 4 fully saturated rings. The molecule has 2 bridgehead atoms. The summed E-state index contributed by atoms with van der Waals surface area (Å²) < 4.78 is 23.1. The maximum absolute atomic E-state index is 11.4. The van der Waals surface area contributed by atoms with Crippen LogP contribution in [0.5, 0.6) is 0 Å². The third kappa shape index (κ3) is 1.09. The second-order valence-corrected chi connectivity index (χ2v) is 5.65. The van der Waals surface area contributed by atoms with Gasteiger partial charge in [-0.05, 0) is 13.8 Å². The van der Waals surface area contributed by atoms with E-state index >= 15 is 0 Å². The van der Waals surface area contributed by atoms with Crippen molar-refractivity contribution in [2.24, 2.45) is 0 Å². The summed E-state index contributed by atoms with van der Waals surface area (Å²) >= 11 is 0. The molecule has 3 saturated heterocycles. The zero-order chi connectivity index (χ0) is 11.9. The fourth-order valence-electron chi connectivity index (χ4n) is 3.40. The van der Waals surface area contributed by atoms with Crippen LogP contribution in [0.15, 0.2) is 11.8 Å². The molecular weight excluding hydrogens is 224 g/mol. The highest BCUT2D eigenvalue weighted by Gasteiger charge is 2.69. The lowest BCUT2D eigenvalue weighted by Crippen LogP contribution is -2.60. The number of fused-ring (bicyclic) bond motifs is 1. The van der Waals surface area contributed by atoms with Crippen molar-refractivity contribution in [3.63, 3.8) is 0 Å². The SMILES string of the molecule is CC1(C)O[C@@H]2C[C@]34CC[C@@]2(OC3=CC(=O)O4)O1. The van der Waals surface area contributed by atoms with E-state index in [1.54, 1.807) is 0 Å². The van der Waals surface area contributed by atoms with E-state index in [9.17, 15) is 4.79 Å². The van der Waals surface area contributed by atoms with Crippen molar-refractivity contribution in [3.8, 4) is 0 Å². The monoisotopic (exact) mass is 238 g/mol. The highest BCUT2D eigenvalue weighted by molar-refractivity contribution is 5.86. The van der Waals surface area contributed by atoms with E-state index in [4.69, 9.17) is 18.9 Å². The molecule has 4 heterocycles. The minimum atomic E-state index is -0.717. The van der Waals surface area contributed by atoms with Crippen LogP contribution >= 0.6 is 0 Å². The second kappa shape index (κ2) is 2.52. The average molecular weight is 238 g/mol. The van der Waals surface area contributed by atoms with Crippen molar-refractivity contribution in [3.05, 3.63) is 11.8 Å². The summed E-state index contributed by atoms with van der Waals surface area (Å²) in [6.07, 6.45) is 3.36. The zero-order valence-electron chi connectivity index (χ0n) is 9.82. The minimum Gasteiger partial charge on any atom is -0.459 e. The molecule has 92 valence electrons. The molecule has 5 nitrogen and oxygen atoms in total. The topological polar surface area (TPSA) is 54.0 Å². The molecule has 0 aromatic heterocycles. The Labute approximate surface area is 98.7 Å². The van der Waals surface area contributed by atoms with Crippen molar-refractivity contribution >= 4 is 5.97 Å². The first-order valence-electron chi connectivity index (χ1n) is 5.95. The summed E-state index contributed by atoms with van der Waals surface area (Å²) in [5, 5.41) is 0. The van der Waals surface area contributed by atoms with Gasteiger partial charge in [-0.15, -0.1) is 0 Å². The summed E-state index contributed by atoms with van der Waals surface area (Å²) in [6, 6.07) is 0. The van der Waals surface area contributed by atoms with Gasteiger partial charge in [0, 0.05) is 19.3 Å². The molecule has 3 atom stereocenters. The van der Waals surface area contributed by atoms with Crippen molar-refractivity contribution in [2.45, 2.75) is 56.4 Å². The van der Waals surface area contributed by atoms with Crippen LogP contribution in [-0.2, 0) is 23.7 Å². The van der Waals surface area contributed by atoms with Gasteiger partial charge in [-0.3, -0.25) is 0 Å². The summed E-state index contributed by atoms with van der Waals surface area (Å²) in [5.74, 6) is -1.06. The number of hydrogen-bond acceptors (Lipinski definition) is 5. The molecular formula is C12H14O5. The van der Waals surface area contributed by atoms with Gasteiger partial charge in [-0.25, -0.2) is 4.79 Å². The molecule has 4 aliphatic heterocycles. The Bertz CT molecular complexity index is 454. The Morgan fingerprint density at radius 3 is 2.94 bits per heavy atom. The fourth-order valence-corrected chi connectivity index (χ4v) is 3.40. The lowest BCUT2D eigenvalue weighted by molar-refractivity contribution is -0.291. The van der Waals surface area contributed by atoms with Crippen LogP contribution < -0.4 is 0 Å². The lowest BCUT2D eigenvalue weighted by atomic mass is 9.75. The van der Waals surface area contributed by atoms with E-state index in [0.29, 0.717) is 18.6 Å². The third-order valence-corrected chi connectivity index (χ3v) is 4.00. The molecule has 5 rings (SSSR count). The van der Waals surface area contributed by atoms with Crippen LogP contribution in [0.2, 0.25) is 0 Å². The number of carbonyl (C=O) groups excluding carboxylic acids is 1. The first-order valence-corrected chi connectivity index (χ1v) is 5.95. The van der Waals surface area contributed by atoms with Crippen LogP contribution in [0.4, 0.5) is 0 Å². The Kier molecular flexibility index (Phi) is 1.47. The Balaban J connectivity index is 1.79. The highest BCUT2D eigenvalue weighted by atomic mass is 16.8. The largest absolute Gasteiger partial charge is 0.459 e. The summed E-state index contributed by atoms with van der Waals surface area (Å²) in [7, 11) is 0. The Morgan fingerprint density at radius 1 is 1.29 bits per heavy atom. The van der Waals surface area contributed by atoms with Gasteiger partial charge in [-0.1, -0.05) is 0 Å². The van der Waals surface area contributed by atoms with Crippen molar-refractivity contribution < 1.29 is 23.7 Å². The van der Waals surface area contributed by atoms with Crippen LogP contribution in [0.3, 0.4) is 0 Å². The van der Waals surface area contributed by atoms with E-state index in [-0.39, 0.29) is 12.1 Å². The number of hydrogen-bond donors (Lipinski definition) is 0. The van der Waals surface area contributed by atoms with Crippen LogP contribution in [-0.4, -0.2) is 29.2 Å². The lowest BCUT2D eigenvalue weighted by Gasteiger charge is -2.50. The second-order valence-electron chi connectivity index (χ2n) is 5.65. The maximum Gasteiger partial charge on any atom is 0.335 e. The highest BCUT2D eigenvalue weighted by Crippen LogP contribution is 2.58. The molecule has 0 aromatic rings. The molecule has 1 aliphatic carbocycles. The smallest absolute Gasteiger partial charge is 0.335 e. The van der Waals surface area contributed by atoms with Gasteiger partial charge < -0.3 is 18.9 Å². The van der Waals surface area contributed by atoms with Crippen LogP contribution in [0.1, 0.15) is 33.1 Å². The Hall–Kier alpha value is -1.07. The summed E-state index contributed by atoms with van der Waals surface area (Å²) in [6.45, 7) is 3.76. The molecule has 0 radical (unpaired) electrons. The van der Waals surface area contributed by atoms with Gasteiger partial charge in [0.05, 0.1) is 6.08 Å². The molecule has 0 N–H and O–H groups in total. The van der Waals surface area contributed by atoms with Gasteiger partial charge in [0.15, 0.2) is 17.1 Å². The molecule has 1 saturated carbocycles. The average Bonchev–Trinajstić information content (AvgIpc) is 2.63. The number of ether oxygens (including phenoxy) is 4. The predicted octanol–water partition coefficient (Wildman–Crippen LogP) is 1.23. The van der Waals surface area contributed by atoms with E-state index in [2.05, 4.69) is 0 Å². The van der Waals surface area contributed by atoms with Crippen LogP contribution in [0.25, 0.3) is 0 Å². The van der Waals surface area contributed by atoms with Crippen LogP contribution in [0, 0.1) is 0 Å². The number of rotatable bonds is 0. The van der Waals surface area contributed by atoms with E-state index < -0.39 is 17.2 Å². The van der Waals surface area contributed by atoms with E-state index in [1.807, 2.05) is 13.8 Å². The third-order valence-electron chi connectivity index (χ3n) is 4.00. The standard InChI is InChI=1S/C12H14O5/c1-10(2)14-8-6-11-3-4-12(8,17-10)15-7(11)5-9(13)16-11/h5,8H,3-4,6H2,1-2H3/t8-,11-,12-/m1/s1. The van der Waals surface area contributed by atoms with Crippen molar-refractivity contribution in [1.82, 2.24) is 0 Å². The first-order chi connectivity index (χ1) is 7.93. The van der Waals surface area contributed by atoms with Crippen molar-refractivity contribution in [2.75, 3.05) is 0 Å². The number of esters is 1. The van der Waals surface area contributed by atoms with Gasteiger partial charge in [0.1, 0.15) is 6.10 Å². The maximum atomic E-state index is 11.4. The molecule has 5 aliphatic rings. The molecule has 0 unspecified atom stereocenters.